The number of hydrogen-bond acceptors (Lipinski definition) is 5. The fraction of sp³-hybridized carbons (Fsp3) is 0.259. The molecule has 0 saturated carbocycles. The number of ether oxygens (including phenoxy) is 1. The Labute approximate surface area is 230 Å². The minimum atomic E-state index is -0.448. The number of benzene rings is 1. The van der Waals surface area contributed by atoms with Gasteiger partial charge in [-0.05, 0) is 64.7 Å². The number of rotatable bonds is 5. The molecule has 0 radical (unpaired) electrons. The second kappa shape index (κ2) is 10.6. The lowest BCUT2D eigenvalue weighted by Gasteiger charge is -2.43. The van der Waals surface area contributed by atoms with Crippen LogP contribution in [0.3, 0.4) is 0 Å². The van der Waals surface area contributed by atoms with Crippen molar-refractivity contribution in [2.24, 2.45) is 5.92 Å². The second-order valence-electron chi connectivity index (χ2n) is 9.20. The van der Waals surface area contributed by atoms with Crippen LogP contribution in [0.25, 0.3) is 6.08 Å². The number of nitrogens with one attached hydrogen (secondary N) is 1. The normalized spacial score (nSPS) is 18.7. The van der Waals surface area contributed by atoms with Gasteiger partial charge in [0.2, 0.25) is 0 Å². The molecule has 2 bridgehead atoms. The molecule has 37 heavy (non-hydrogen) atoms. The van der Waals surface area contributed by atoms with E-state index in [9.17, 15) is 14.4 Å². The van der Waals surface area contributed by atoms with E-state index in [1.807, 2.05) is 22.8 Å². The molecule has 2 unspecified atom stereocenters. The monoisotopic (exact) mass is 626 g/mol. The molecular weight excluding hydrogens is 604 g/mol. The summed E-state index contributed by atoms with van der Waals surface area (Å²) in [6.45, 7) is 1.53. The fourth-order valence-corrected chi connectivity index (χ4v) is 5.83. The molecule has 1 saturated heterocycles. The third-order valence-electron chi connectivity index (χ3n) is 6.70. The van der Waals surface area contributed by atoms with Crippen LogP contribution in [0.15, 0.2) is 74.3 Å². The van der Waals surface area contributed by atoms with Crippen LogP contribution < -0.4 is 15.6 Å². The molecule has 10 heteroatoms. The second-order valence-corrected chi connectivity index (χ2v) is 11.0. The lowest BCUT2D eigenvalue weighted by Crippen LogP contribution is -2.50. The van der Waals surface area contributed by atoms with Crippen molar-refractivity contribution < 1.29 is 14.3 Å². The van der Waals surface area contributed by atoms with E-state index in [-0.39, 0.29) is 29.0 Å². The van der Waals surface area contributed by atoms with Crippen molar-refractivity contribution in [2.75, 3.05) is 20.2 Å². The molecule has 5 rings (SSSR count). The zero-order valence-electron chi connectivity index (χ0n) is 20.0. The van der Waals surface area contributed by atoms with E-state index in [1.54, 1.807) is 48.5 Å². The Morgan fingerprint density at radius 2 is 1.92 bits per heavy atom. The number of carbonyl (C=O) groups excluding carboxylic acids is 2. The summed E-state index contributed by atoms with van der Waals surface area (Å²) >= 11 is 6.81. The van der Waals surface area contributed by atoms with E-state index in [2.05, 4.69) is 42.2 Å². The van der Waals surface area contributed by atoms with Gasteiger partial charge < -0.3 is 19.5 Å². The SMILES string of the molecule is COc1ccc(Br)cc1C=C(NC(=O)c1cncc(Br)c1)C(=O)N1CC2CC(C1)c1cccc(=O)n1C2. The number of amides is 2. The predicted molar refractivity (Wildman–Crippen MR) is 146 cm³/mol. The largest absolute Gasteiger partial charge is 0.496 e. The standard InChI is InChI=1S/C27H24Br2N4O4/c1-37-24-6-5-20(28)8-17(24)10-22(31-26(35)18-9-21(29)12-30-11-18)27(36)32-13-16-7-19(15-32)23-3-2-4-25(34)33(23)14-16/h2-6,8-12,16,19H,7,13-15H2,1H3,(H,31,35). The molecule has 0 aliphatic carbocycles. The van der Waals surface area contributed by atoms with Gasteiger partial charge in [-0.15, -0.1) is 0 Å². The van der Waals surface area contributed by atoms with Crippen molar-refractivity contribution >= 4 is 49.8 Å². The van der Waals surface area contributed by atoms with Gasteiger partial charge in [0.25, 0.3) is 17.4 Å². The minimum Gasteiger partial charge on any atom is -0.496 e. The number of piperidine rings is 1. The number of aromatic nitrogens is 2. The van der Waals surface area contributed by atoms with Crippen LogP contribution in [0, 0.1) is 5.92 Å². The summed E-state index contributed by atoms with van der Waals surface area (Å²) < 4.78 is 8.78. The molecule has 1 N–H and O–H groups in total. The highest BCUT2D eigenvalue weighted by Crippen LogP contribution is 2.35. The quantitative estimate of drug-likeness (QED) is 0.428. The van der Waals surface area contributed by atoms with E-state index in [1.165, 1.54) is 6.20 Å². The molecule has 2 amide bonds. The van der Waals surface area contributed by atoms with Crippen LogP contribution in [0.5, 0.6) is 5.75 Å². The summed E-state index contributed by atoms with van der Waals surface area (Å²) in [7, 11) is 1.55. The average molecular weight is 628 g/mol. The smallest absolute Gasteiger partial charge is 0.270 e. The van der Waals surface area contributed by atoms with Gasteiger partial charge in [0.15, 0.2) is 0 Å². The third kappa shape index (κ3) is 5.40. The Balaban J connectivity index is 1.49. The summed E-state index contributed by atoms with van der Waals surface area (Å²) in [5.41, 5.74) is 2.03. The first kappa shape index (κ1) is 25.4. The van der Waals surface area contributed by atoms with Crippen LogP contribution in [0.1, 0.15) is 34.0 Å². The van der Waals surface area contributed by atoms with Crippen LogP contribution in [-0.2, 0) is 11.3 Å². The molecule has 2 aliphatic rings. The van der Waals surface area contributed by atoms with Gasteiger partial charge in [-0.3, -0.25) is 19.4 Å². The maximum atomic E-state index is 13.9. The summed E-state index contributed by atoms with van der Waals surface area (Å²) in [5, 5.41) is 2.81. The first-order chi connectivity index (χ1) is 17.8. The van der Waals surface area contributed by atoms with Crippen LogP contribution in [0.2, 0.25) is 0 Å². The van der Waals surface area contributed by atoms with E-state index in [4.69, 9.17) is 4.74 Å². The molecular formula is C27H24Br2N4O4. The highest BCUT2D eigenvalue weighted by atomic mass is 79.9. The van der Waals surface area contributed by atoms with Crippen molar-refractivity contribution in [1.82, 2.24) is 19.8 Å². The number of carbonyl (C=O) groups is 2. The van der Waals surface area contributed by atoms with Crippen molar-refractivity contribution in [3.63, 3.8) is 0 Å². The van der Waals surface area contributed by atoms with Crippen LogP contribution in [0.4, 0.5) is 0 Å². The number of nitrogens with zero attached hydrogens (tertiary/aromatic N) is 3. The summed E-state index contributed by atoms with van der Waals surface area (Å²) in [6, 6.07) is 12.4. The van der Waals surface area contributed by atoms with E-state index in [0.29, 0.717) is 41.0 Å². The molecule has 2 aliphatic heterocycles. The first-order valence-corrected chi connectivity index (χ1v) is 13.4. The first-order valence-electron chi connectivity index (χ1n) is 11.8. The van der Waals surface area contributed by atoms with Gasteiger partial charge in [-0.2, -0.15) is 0 Å². The lowest BCUT2D eigenvalue weighted by atomic mass is 9.83. The van der Waals surface area contributed by atoms with Crippen LogP contribution >= 0.6 is 31.9 Å². The molecule has 2 aromatic heterocycles. The Morgan fingerprint density at radius 1 is 1.08 bits per heavy atom. The van der Waals surface area contributed by atoms with Gasteiger partial charge in [0.05, 0.1) is 12.7 Å². The lowest BCUT2D eigenvalue weighted by molar-refractivity contribution is -0.130. The number of hydrogen-bond donors (Lipinski definition) is 1. The Morgan fingerprint density at radius 3 is 2.70 bits per heavy atom. The molecule has 3 aromatic rings. The Kier molecular flexibility index (Phi) is 7.30. The molecule has 190 valence electrons. The maximum Gasteiger partial charge on any atom is 0.270 e. The summed E-state index contributed by atoms with van der Waals surface area (Å²) in [4.78, 5) is 45.3. The molecule has 2 atom stereocenters. The maximum absolute atomic E-state index is 13.9. The number of methoxy groups -OCH3 is 1. The fourth-order valence-electron chi connectivity index (χ4n) is 5.09. The van der Waals surface area contributed by atoms with E-state index < -0.39 is 5.91 Å². The predicted octanol–water partition coefficient (Wildman–Crippen LogP) is 4.19. The van der Waals surface area contributed by atoms with Crippen molar-refractivity contribution in [3.8, 4) is 5.75 Å². The Bertz CT molecular complexity index is 1470. The number of likely N-dealkylation sites (tertiary alicyclic amines) is 1. The summed E-state index contributed by atoms with van der Waals surface area (Å²) in [5.74, 6) is 0.0332. The van der Waals surface area contributed by atoms with E-state index >= 15 is 0 Å². The molecule has 1 fully saturated rings. The van der Waals surface area contributed by atoms with Crippen molar-refractivity contribution in [3.05, 3.63) is 96.7 Å². The number of fused-ring (bicyclic) bond motifs is 4. The highest BCUT2D eigenvalue weighted by Gasteiger charge is 2.37. The van der Waals surface area contributed by atoms with Gasteiger partial charge in [0, 0.05) is 64.2 Å². The van der Waals surface area contributed by atoms with Crippen molar-refractivity contribution in [1.29, 1.82) is 0 Å². The minimum absolute atomic E-state index is 0.00999. The molecule has 8 nitrogen and oxygen atoms in total. The number of pyridine rings is 2. The third-order valence-corrected chi connectivity index (χ3v) is 7.63. The van der Waals surface area contributed by atoms with Crippen LogP contribution in [-0.4, -0.2) is 46.5 Å². The topological polar surface area (TPSA) is 93.5 Å². The van der Waals surface area contributed by atoms with Gasteiger partial charge in [-0.1, -0.05) is 22.0 Å². The van der Waals surface area contributed by atoms with E-state index in [0.717, 1.165) is 16.6 Å². The zero-order chi connectivity index (χ0) is 26.1. The van der Waals surface area contributed by atoms with Gasteiger partial charge in [-0.25, -0.2) is 0 Å². The summed E-state index contributed by atoms with van der Waals surface area (Å²) in [6.07, 6.45) is 5.59. The molecule has 4 heterocycles. The Hall–Kier alpha value is -3.24. The average Bonchev–Trinajstić information content (AvgIpc) is 2.88. The van der Waals surface area contributed by atoms with Gasteiger partial charge >= 0.3 is 0 Å². The number of halogens is 2. The van der Waals surface area contributed by atoms with Gasteiger partial charge in [0.1, 0.15) is 11.4 Å². The molecule has 1 aromatic carbocycles. The van der Waals surface area contributed by atoms with Crippen molar-refractivity contribution in [2.45, 2.75) is 18.9 Å². The molecule has 0 spiro atoms. The highest BCUT2D eigenvalue weighted by molar-refractivity contribution is 9.10. The zero-order valence-corrected chi connectivity index (χ0v) is 23.2.